The number of likely N-dealkylation sites (tertiary alicyclic amines) is 1. The first kappa shape index (κ1) is 11.1. The normalized spacial score (nSPS) is 39.3. The van der Waals surface area contributed by atoms with Crippen molar-refractivity contribution in [2.75, 3.05) is 13.1 Å². The van der Waals surface area contributed by atoms with Crippen molar-refractivity contribution in [2.45, 2.75) is 52.0 Å². The maximum atomic E-state index is 11.2. The second-order valence-electron chi connectivity index (χ2n) is 5.54. The molecule has 1 saturated heterocycles. The van der Waals surface area contributed by atoms with E-state index in [2.05, 4.69) is 18.7 Å². The summed E-state index contributed by atoms with van der Waals surface area (Å²) in [7, 11) is 0. The van der Waals surface area contributed by atoms with Crippen LogP contribution in [0, 0.1) is 11.8 Å². The molecule has 1 saturated carbocycles. The standard InChI is InChI=1S/C13H23NO/c1-10-3-4-13(11(2)9-10)14-7-5-12(15)6-8-14/h10-11,13H,3-9H2,1-2H3. The molecule has 3 atom stereocenters. The largest absolute Gasteiger partial charge is 0.300 e. The fourth-order valence-electron chi connectivity index (χ4n) is 3.30. The molecule has 0 spiro atoms. The molecular formula is C13H23NO. The van der Waals surface area contributed by atoms with Crippen LogP contribution in [0.4, 0.5) is 0 Å². The van der Waals surface area contributed by atoms with Crippen LogP contribution in [-0.2, 0) is 4.79 Å². The summed E-state index contributed by atoms with van der Waals surface area (Å²) in [5.41, 5.74) is 0. The summed E-state index contributed by atoms with van der Waals surface area (Å²) in [6.45, 7) is 6.79. The first-order valence-electron chi connectivity index (χ1n) is 6.42. The van der Waals surface area contributed by atoms with Crippen molar-refractivity contribution in [3.8, 4) is 0 Å². The molecule has 1 heterocycles. The monoisotopic (exact) mass is 209 g/mol. The Kier molecular flexibility index (Phi) is 3.45. The predicted octanol–water partition coefficient (Wildman–Crippen LogP) is 2.48. The number of hydrogen-bond donors (Lipinski definition) is 0. The molecule has 1 aliphatic heterocycles. The summed E-state index contributed by atoms with van der Waals surface area (Å²) >= 11 is 0. The minimum atomic E-state index is 0.461. The molecule has 2 nitrogen and oxygen atoms in total. The Balaban J connectivity index is 1.90. The quantitative estimate of drug-likeness (QED) is 0.661. The van der Waals surface area contributed by atoms with Crippen LogP contribution in [0.25, 0.3) is 0 Å². The number of ketones is 1. The SMILES string of the molecule is CC1CCC(N2CCC(=O)CC2)C(C)C1. The van der Waals surface area contributed by atoms with Gasteiger partial charge in [0.25, 0.3) is 0 Å². The molecule has 86 valence electrons. The van der Waals surface area contributed by atoms with E-state index in [1.54, 1.807) is 0 Å². The van der Waals surface area contributed by atoms with Crippen LogP contribution in [0.3, 0.4) is 0 Å². The highest BCUT2D eigenvalue weighted by atomic mass is 16.1. The lowest BCUT2D eigenvalue weighted by Crippen LogP contribution is -2.46. The summed E-state index contributed by atoms with van der Waals surface area (Å²) in [4.78, 5) is 13.8. The third kappa shape index (κ3) is 2.60. The van der Waals surface area contributed by atoms with E-state index in [4.69, 9.17) is 0 Å². The summed E-state index contributed by atoms with van der Waals surface area (Å²) in [5, 5.41) is 0. The third-order valence-corrected chi connectivity index (χ3v) is 4.21. The van der Waals surface area contributed by atoms with E-state index >= 15 is 0 Å². The minimum Gasteiger partial charge on any atom is -0.300 e. The van der Waals surface area contributed by atoms with Crippen LogP contribution in [0.1, 0.15) is 46.0 Å². The predicted molar refractivity (Wildman–Crippen MR) is 61.8 cm³/mol. The van der Waals surface area contributed by atoms with Crippen molar-refractivity contribution < 1.29 is 4.79 Å². The Hall–Kier alpha value is -0.370. The lowest BCUT2D eigenvalue weighted by molar-refractivity contribution is -0.122. The molecule has 2 fully saturated rings. The van der Waals surface area contributed by atoms with Gasteiger partial charge < -0.3 is 0 Å². The number of carbonyl (C=O) groups excluding carboxylic acids is 1. The summed E-state index contributed by atoms with van der Waals surface area (Å²) < 4.78 is 0. The molecule has 0 bridgehead atoms. The second-order valence-corrected chi connectivity index (χ2v) is 5.54. The van der Waals surface area contributed by atoms with Gasteiger partial charge in [-0.05, 0) is 31.1 Å². The molecule has 0 aromatic rings. The maximum absolute atomic E-state index is 11.2. The molecule has 0 radical (unpaired) electrons. The zero-order valence-corrected chi connectivity index (χ0v) is 10.0. The molecular weight excluding hydrogens is 186 g/mol. The number of nitrogens with zero attached hydrogens (tertiary/aromatic N) is 1. The lowest BCUT2D eigenvalue weighted by atomic mass is 9.78. The van der Waals surface area contributed by atoms with Gasteiger partial charge in [-0.2, -0.15) is 0 Å². The van der Waals surface area contributed by atoms with E-state index in [1.807, 2.05) is 0 Å². The zero-order chi connectivity index (χ0) is 10.8. The van der Waals surface area contributed by atoms with E-state index in [-0.39, 0.29) is 0 Å². The third-order valence-electron chi connectivity index (χ3n) is 4.21. The highest BCUT2D eigenvalue weighted by Gasteiger charge is 2.31. The van der Waals surface area contributed by atoms with Gasteiger partial charge in [-0.25, -0.2) is 0 Å². The van der Waals surface area contributed by atoms with Crippen LogP contribution >= 0.6 is 0 Å². The van der Waals surface area contributed by atoms with E-state index in [1.165, 1.54) is 19.3 Å². The van der Waals surface area contributed by atoms with Crippen molar-refractivity contribution in [3.63, 3.8) is 0 Å². The maximum Gasteiger partial charge on any atom is 0.135 e. The van der Waals surface area contributed by atoms with Gasteiger partial charge in [0.2, 0.25) is 0 Å². The lowest BCUT2D eigenvalue weighted by Gasteiger charge is -2.42. The Morgan fingerprint density at radius 2 is 1.80 bits per heavy atom. The number of piperidine rings is 1. The van der Waals surface area contributed by atoms with Crippen LogP contribution in [0.5, 0.6) is 0 Å². The first-order chi connectivity index (χ1) is 7.16. The van der Waals surface area contributed by atoms with E-state index in [9.17, 15) is 4.79 Å². The Bertz CT molecular complexity index is 229. The van der Waals surface area contributed by atoms with Gasteiger partial charge in [0.1, 0.15) is 5.78 Å². The summed E-state index contributed by atoms with van der Waals surface area (Å²) in [6.07, 6.45) is 5.67. The fourth-order valence-corrected chi connectivity index (χ4v) is 3.30. The molecule has 1 aliphatic carbocycles. The molecule has 0 aromatic carbocycles. The average Bonchev–Trinajstić information content (AvgIpc) is 2.20. The Morgan fingerprint density at radius 1 is 1.13 bits per heavy atom. The molecule has 3 unspecified atom stereocenters. The van der Waals surface area contributed by atoms with Crippen LogP contribution < -0.4 is 0 Å². The van der Waals surface area contributed by atoms with Crippen molar-refractivity contribution in [1.29, 1.82) is 0 Å². The summed E-state index contributed by atoms with van der Waals surface area (Å²) in [5.74, 6) is 2.19. The van der Waals surface area contributed by atoms with Crippen LogP contribution in [-0.4, -0.2) is 29.8 Å². The molecule has 2 rings (SSSR count). The summed E-state index contributed by atoms with van der Waals surface area (Å²) in [6, 6.07) is 0.759. The van der Waals surface area contributed by atoms with Gasteiger partial charge in [-0.15, -0.1) is 0 Å². The number of hydrogen-bond acceptors (Lipinski definition) is 2. The van der Waals surface area contributed by atoms with Gasteiger partial charge in [-0.1, -0.05) is 13.8 Å². The molecule has 15 heavy (non-hydrogen) atoms. The average molecular weight is 209 g/mol. The van der Waals surface area contributed by atoms with Crippen molar-refractivity contribution >= 4 is 5.78 Å². The van der Waals surface area contributed by atoms with E-state index in [0.717, 1.165) is 43.8 Å². The van der Waals surface area contributed by atoms with Gasteiger partial charge in [0.05, 0.1) is 0 Å². The fraction of sp³-hybridized carbons (Fsp3) is 0.923. The van der Waals surface area contributed by atoms with E-state index in [0.29, 0.717) is 5.78 Å². The van der Waals surface area contributed by atoms with Crippen molar-refractivity contribution in [3.05, 3.63) is 0 Å². The number of carbonyl (C=O) groups is 1. The van der Waals surface area contributed by atoms with Gasteiger partial charge in [0, 0.05) is 32.0 Å². The molecule has 0 aromatic heterocycles. The second kappa shape index (κ2) is 4.65. The Morgan fingerprint density at radius 3 is 2.40 bits per heavy atom. The van der Waals surface area contributed by atoms with Crippen molar-refractivity contribution in [1.82, 2.24) is 4.90 Å². The highest BCUT2D eigenvalue weighted by Crippen LogP contribution is 2.32. The first-order valence-corrected chi connectivity index (χ1v) is 6.42. The van der Waals surface area contributed by atoms with Gasteiger partial charge >= 0.3 is 0 Å². The van der Waals surface area contributed by atoms with Crippen molar-refractivity contribution in [2.24, 2.45) is 11.8 Å². The topological polar surface area (TPSA) is 20.3 Å². The number of Topliss-reactive ketones (excluding diaryl/α,β-unsaturated/α-hetero) is 1. The number of rotatable bonds is 1. The van der Waals surface area contributed by atoms with Gasteiger partial charge in [0.15, 0.2) is 0 Å². The highest BCUT2D eigenvalue weighted by molar-refractivity contribution is 5.79. The Labute approximate surface area is 93.0 Å². The van der Waals surface area contributed by atoms with Gasteiger partial charge in [-0.3, -0.25) is 9.69 Å². The molecule has 0 N–H and O–H groups in total. The molecule has 2 heteroatoms. The van der Waals surface area contributed by atoms with Crippen LogP contribution in [0.2, 0.25) is 0 Å². The molecule has 0 amide bonds. The zero-order valence-electron chi connectivity index (χ0n) is 10.0. The van der Waals surface area contributed by atoms with E-state index < -0.39 is 0 Å². The minimum absolute atomic E-state index is 0.461. The smallest absolute Gasteiger partial charge is 0.135 e. The molecule has 2 aliphatic rings. The van der Waals surface area contributed by atoms with Crippen LogP contribution in [0.15, 0.2) is 0 Å².